The molecule has 0 bridgehead atoms. The molecule has 0 aliphatic rings. The summed E-state index contributed by atoms with van der Waals surface area (Å²) in [6.45, 7) is 0. The summed E-state index contributed by atoms with van der Waals surface area (Å²) >= 11 is 0.824. The molecule has 0 unspecified atom stereocenters. The van der Waals surface area contributed by atoms with Crippen molar-refractivity contribution in [2.75, 3.05) is 0 Å². The van der Waals surface area contributed by atoms with Gasteiger partial charge < -0.3 is 5.11 Å². The Morgan fingerprint density at radius 3 is 2.12 bits per heavy atom. The molecule has 0 fully saturated rings. The van der Waals surface area contributed by atoms with E-state index in [4.69, 9.17) is 5.11 Å². The second-order valence-corrected chi connectivity index (χ2v) is 6.08. The van der Waals surface area contributed by atoms with Crippen molar-refractivity contribution in [3.63, 3.8) is 0 Å². The van der Waals surface area contributed by atoms with E-state index in [9.17, 15) is 31.1 Å². The number of hydrogen-bond donors (Lipinski definition) is 1. The van der Waals surface area contributed by atoms with E-state index in [0.29, 0.717) is 6.07 Å². The SMILES string of the molecule is O=C(O)c1cc(SCc2cccc(C(F)(F)F)c2)cc(C(F)(F)F)c1. The molecule has 0 atom stereocenters. The van der Waals surface area contributed by atoms with Crippen molar-refractivity contribution < 1.29 is 36.2 Å². The number of carboxylic acids is 1. The maximum atomic E-state index is 12.8. The van der Waals surface area contributed by atoms with Crippen molar-refractivity contribution in [3.8, 4) is 0 Å². The smallest absolute Gasteiger partial charge is 0.416 e. The summed E-state index contributed by atoms with van der Waals surface area (Å²) in [5.41, 5.74) is -2.27. The minimum atomic E-state index is -4.73. The molecule has 0 spiro atoms. The average Bonchev–Trinajstić information content (AvgIpc) is 2.51. The first-order valence-corrected chi connectivity index (χ1v) is 7.70. The molecule has 2 aromatic rings. The fraction of sp³-hybridized carbons (Fsp3) is 0.188. The largest absolute Gasteiger partial charge is 0.478 e. The topological polar surface area (TPSA) is 37.3 Å². The second kappa shape index (κ2) is 6.99. The molecule has 0 aliphatic heterocycles. The number of rotatable bonds is 4. The van der Waals surface area contributed by atoms with Crippen LogP contribution in [0.1, 0.15) is 27.0 Å². The predicted molar refractivity (Wildman–Crippen MR) is 79.4 cm³/mol. The minimum Gasteiger partial charge on any atom is -0.478 e. The Balaban J connectivity index is 2.26. The summed E-state index contributed by atoms with van der Waals surface area (Å²) in [7, 11) is 0. The van der Waals surface area contributed by atoms with E-state index in [1.54, 1.807) is 0 Å². The molecule has 2 nitrogen and oxygen atoms in total. The second-order valence-electron chi connectivity index (χ2n) is 5.04. The van der Waals surface area contributed by atoms with Crippen LogP contribution in [-0.2, 0) is 18.1 Å². The van der Waals surface area contributed by atoms with Gasteiger partial charge in [-0.1, -0.05) is 18.2 Å². The predicted octanol–water partition coefficient (Wildman–Crippen LogP) is 5.71. The van der Waals surface area contributed by atoms with E-state index in [1.807, 2.05) is 0 Å². The van der Waals surface area contributed by atoms with Crippen molar-refractivity contribution in [3.05, 3.63) is 64.7 Å². The average molecular weight is 380 g/mol. The third kappa shape index (κ3) is 5.15. The molecular formula is C16H10F6O2S. The quantitative estimate of drug-likeness (QED) is 0.545. The molecule has 1 N–H and O–H groups in total. The number of carbonyl (C=O) groups is 1. The summed E-state index contributed by atoms with van der Waals surface area (Å²) < 4.78 is 76.5. The van der Waals surface area contributed by atoms with Gasteiger partial charge in [-0.3, -0.25) is 0 Å². The maximum Gasteiger partial charge on any atom is 0.416 e. The Labute approximate surface area is 142 Å². The van der Waals surface area contributed by atoms with Crippen LogP contribution < -0.4 is 0 Å². The van der Waals surface area contributed by atoms with Crippen LogP contribution in [0, 0.1) is 0 Å². The van der Waals surface area contributed by atoms with Crippen LogP contribution >= 0.6 is 11.8 Å². The number of aromatic carboxylic acids is 1. The highest BCUT2D eigenvalue weighted by molar-refractivity contribution is 7.98. The summed E-state index contributed by atoms with van der Waals surface area (Å²) in [4.78, 5) is 11.0. The Morgan fingerprint density at radius 1 is 0.920 bits per heavy atom. The number of carboxylic acid groups (broad SMARTS) is 1. The van der Waals surface area contributed by atoms with E-state index in [0.717, 1.165) is 36.0 Å². The molecule has 0 heterocycles. The number of alkyl halides is 6. The van der Waals surface area contributed by atoms with E-state index in [2.05, 4.69) is 0 Å². The third-order valence-electron chi connectivity index (χ3n) is 3.14. The van der Waals surface area contributed by atoms with Gasteiger partial charge in [-0.05, 0) is 29.8 Å². The monoisotopic (exact) mass is 380 g/mol. The zero-order chi connectivity index (χ0) is 18.8. The van der Waals surface area contributed by atoms with Gasteiger partial charge in [0, 0.05) is 10.6 Å². The Hall–Kier alpha value is -2.16. The van der Waals surface area contributed by atoms with Gasteiger partial charge in [0.15, 0.2) is 0 Å². The lowest BCUT2D eigenvalue weighted by Crippen LogP contribution is -2.08. The van der Waals surface area contributed by atoms with Crippen molar-refractivity contribution >= 4 is 17.7 Å². The van der Waals surface area contributed by atoms with Gasteiger partial charge in [0.1, 0.15) is 0 Å². The lowest BCUT2D eigenvalue weighted by molar-refractivity contribution is -0.138. The fourth-order valence-corrected chi connectivity index (χ4v) is 2.91. The van der Waals surface area contributed by atoms with Gasteiger partial charge >= 0.3 is 18.3 Å². The van der Waals surface area contributed by atoms with Gasteiger partial charge in [-0.15, -0.1) is 11.8 Å². The minimum absolute atomic E-state index is 0.00429. The molecule has 0 saturated heterocycles. The van der Waals surface area contributed by atoms with E-state index < -0.39 is 35.0 Å². The number of halogens is 6. The highest BCUT2D eigenvalue weighted by Gasteiger charge is 2.32. The van der Waals surface area contributed by atoms with Crippen molar-refractivity contribution in [2.24, 2.45) is 0 Å². The first-order valence-electron chi connectivity index (χ1n) is 6.71. The first kappa shape index (κ1) is 19.2. The van der Waals surface area contributed by atoms with Crippen LogP contribution in [0.5, 0.6) is 0 Å². The molecule has 0 saturated carbocycles. The van der Waals surface area contributed by atoms with Crippen LogP contribution in [0.3, 0.4) is 0 Å². The van der Waals surface area contributed by atoms with Crippen LogP contribution in [0.4, 0.5) is 26.3 Å². The van der Waals surface area contributed by atoms with Gasteiger partial charge in [-0.25, -0.2) is 4.79 Å². The lowest BCUT2D eigenvalue weighted by atomic mass is 10.1. The van der Waals surface area contributed by atoms with E-state index >= 15 is 0 Å². The highest BCUT2D eigenvalue weighted by atomic mass is 32.2. The zero-order valence-electron chi connectivity index (χ0n) is 12.3. The summed E-state index contributed by atoms with van der Waals surface area (Å²) in [5.74, 6) is -1.56. The van der Waals surface area contributed by atoms with Crippen molar-refractivity contribution in [1.29, 1.82) is 0 Å². The van der Waals surface area contributed by atoms with Crippen molar-refractivity contribution in [2.45, 2.75) is 23.0 Å². The molecule has 9 heteroatoms. The molecule has 0 aromatic heterocycles. The number of benzene rings is 2. The molecule has 2 rings (SSSR count). The summed E-state index contributed by atoms with van der Waals surface area (Å²) in [6, 6.07) is 6.73. The third-order valence-corrected chi connectivity index (χ3v) is 4.19. The summed E-state index contributed by atoms with van der Waals surface area (Å²) in [5, 5.41) is 8.91. The van der Waals surface area contributed by atoms with Crippen LogP contribution in [0.2, 0.25) is 0 Å². The highest BCUT2D eigenvalue weighted by Crippen LogP contribution is 2.35. The van der Waals surface area contributed by atoms with E-state index in [1.165, 1.54) is 12.1 Å². The van der Waals surface area contributed by atoms with Crippen molar-refractivity contribution in [1.82, 2.24) is 0 Å². The Bertz CT molecular complexity index is 783. The van der Waals surface area contributed by atoms with Crippen LogP contribution in [-0.4, -0.2) is 11.1 Å². The standard InChI is InChI=1S/C16H10F6O2S/c17-15(18,19)11-3-1-2-9(4-11)8-25-13-6-10(14(23)24)5-12(7-13)16(20,21)22/h1-7H,8H2,(H,23,24). The first-order chi connectivity index (χ1) is 11.5. The molecule has 134 valence electrons. The molecule has 0 radical (unpaired) electrons. The Morgan fingerprint density at radius 2 is 1.56 bits per heavy atom. The van der Waals surface area contributed by atoms with E-state index in [-0.39, 0.29) is 16.2 Å². The van der Waals surface area contributed by atoms with Gasteiger partial charge in [0.05, 0.1) is 16.7 Å². The zero-order valence-corrected chi connectivity index (χ0v) is 13.1. The number of thioether (sulfide) groups is 1. The lowest BCUT2D eigenvalue weighted by Gasteiger charge is -2.11. The molecule has 25 heavy (non-hydrogen) atoms. The normalized spacial score (nSPS) is 12.2. The van der Waals surface area contributed by atoms with Crippen LogP contribution in [0.15, 0.2) is 47.4 Å². The van der Waals surface area contributed by atoms with Gasteiger partial charge in [-0.2, -0.15) is 26.3 Å². The molecule has 0 amide bonds. The Kier molecular flexibility index (Phi) is 5.36. The molecule has 2 aromatic carbocycles. The van der Waals surface area contributed by atoms with Gasteiger partial charge in [0.25, 0.3) is 0 Å². The maximum absolute atomic E-state index is 12.8. The fourth-order valence-electron chi connectivity index (χ4n) is 1.97. The molecule has 0 aliphatic carbocycles. The van der Waals surface area contributed by atoms with Crippen LogP contribution in [0.25, 0.3) is 0 Å². The van der Waals surface area contributed by atoms with Gasteiger partial charge in [0.2, 0.25) is 0 Å². The summed E-state index contributed by atoms with van der Waals surface area (Å²) in [6.07, 6.45) is -9.25. The molecular weight excluding hydrogens is 370 g/mol. The number of hydrogen-bond acceptors (Lipinski definition) is 2.